The summed E-state index contributed by atoms with van der Waals surface area (Å²) in [6.07, 6.45) is 4.18. The smallest absolute Gasteiger partial charge is 0.229 e. The number of sulfone groups is 1. The molecule has 4 rings (SSSR count). The molecule has 0 radical (unpaired) electrons. The average molecular weight is 772 g/mol. The second-order valence-corrected chi connectivity index (χ2v) is 16.5. The Kier molecular flexibility index (Phi) is 15.7. The molecule has 0 aliphatic carbocycles. The number of hydrogen-bond donors (Lipinski definition) is 4. The number of likely N-dealkylation sites (tertiary alicyclic amines) is 1. The number of hydrogen-bond acceptors (Lipinski definition) is 11. The minimum Gasteiger partial charge on any atom is -0.489 e. The number of halogens is 1. The van der Waals surface area contributed by atoms with Crippen molar-refractivity contribution in [3.8, 4) is 5.75 Å². The van der Waals surface area contributed by atoms with Crippen molar-refractivity contribution in [2.24, 2.45) is 0 Å². The molecule has 3 aromatic rings. The second-order valence-electron chi connectivity index (χ2n) is 13.6. The first kappa shape index (κ1) is 41.8. The van der Waals surface area contributed by atoms with Crippen LogP contribution < -0.4 is 26.0 Å². The van der Waals surface area contributed by atoms with E-state index < -0.39 is 15.1 Å². The Hall–Kier alpha value is -3.98. The third-order valence-corrected chi connectivity index (χ3v) is 11.4. The number of aryl methyl sites for hydroxylation is 1. The Morgan fingerprint density at radius 3 is 2.32 bits per heavy atom. The highest BCUT2D eigenvalue weighted by molar-refractivity contribution is 7.92. The summed E-state index contributed by atoms with van der Waals surface area (Å²) in [7, 11) is -3.57. The van der Waals surface area contributed by atoms with Gasteiger partial charge in [-0.05, 0) is 102 Å². The number of amides is 2. The number of nitrogens with zero attached hydrogens (tertiary/aromatic N) is 3. The maximum Gasteiger partial charge on any atom is 0.229 e. The van der Waals surface area contributed by atoms with Gasteiger partial charge < -0.3 is 35.6 Å². The van der Waals surface area contributed by atoms with E-state index in [0.29, 0.717) is 68.7 Å². The molecule has 1 aromatic heterocycles. The lowest BCUT2D eigenvalue weighted by molar-refractivity contribution is -0.121. The van der Waals surface area contributed by atoms with Crippen LogP contribution >= 0.6 is 11.6 Å². The fourth-order valence-electron chi connectivity index (χ4n) is 6.00. The molecule has 0 bridgehead atoms. The molecule has 0 saturated carbocycles. The molecular formula is C38H54ClN7O6S. The summed E-state index contributed by atoms with van der Waals surface area (Å²) in [4.78, 5) is 35.1. The Bertz CT molecular complexity index is 1800. The Morgan fingerprint density at radius 2 is 1.66 bits per heavy atom. The van der Waals surface area contributed by atoms with Crippen LogP contribution in [0.2, 0.25) is 5.02 Å². The second kappa shape index (κ2) is 19.9. The van der Waals surface area contributed by atoms with Crippen molar-refractivity contribution in [2.75, 3.05) is 56.6 Å². The first-order valence-corrected chi connectivity index (χ1v) is 20.2. The van der Waals surface area contributed by atoms with Crippen LogP contribution in [0.15, 0.2) is 47.5 Å². The predicted molar refractivity (Wildman–Crippen MR) is 209 cm³/mol. The zero-order valence-electron chi connectivity index (χ0n) is 31.6. The Labute approximate surface area is 318 Å². The largest absolute Gasteiger partial charge is 0.489 e. The van der Waals surface area contributed by atoms with E-state index in [2.05, 4.69) is 49.1 Å². The van der Waals surface area contributed by atoms with Crippen LogP contribution in [0.3, 0.4) is 0 Å². The van der Waals surface area contributed by atoms with E-state index in [1.165, 1.54) is 11.8 Å². The van der Waals surface area contributed by atoms with E-state index >= 15 is 0 Å². The third-order valence-electron chi connectivity index (χ3n) is 8.93. The normalized spacial score (nSPS) is 14.0. The van der Waals surface area contributed by atoms with Crippen LogP contribution in [-0.2, 0) is 24.2 Å². The molecule has 0 spiro atoms. The van der Waals surface area contributed by atoms with E-state index in [4.69, 9.17) is 21.1 Å². The lowest BCUT2D eigenvalue weighted by atomic mass is 9.86. The van der Waals surface area contributed by atoms with Crippen LogP contribution in [-0.4, -0.2) is 92.4 Å². The van der Waals surface area contributed by atoms with Crippen molar-refractivity contribution < 1.29 is 27.5 Å². The molecule has 15 heteroatoms. The molecule has 1 aliphatic heterocycles. The molecular weight excluding hydrogens is 718 g/mol. The molecule has 2 amide bonds. The number of carbonyl (C=O) groups excluding carboxylic acids is 2. The zero-order valence-corrected chi connectivity index (χ0v) is 33.2. The Morgan fingerprint density at radius 1 is 0.981 bits per heavy atom. The highest BCUT2D eigenvalue weighted by Gasteiger charge is 2.25. The van der Waals surface area contributed by atoms with Gasteiger partial charge in [-0.2, -0.15) is 4.98 Å². The predicted octanol–water partition coefficient (Wildman–Crippen LogP) is 6.12. The van der Waals surface area contributed by atoms with Crippen LogP contribution in [0.1, 0.15) is 77.3 Å². The van der Waals surface area contributed by atoms with E-state index in [1.807, 2.05) is 19.9 Å². The molecule has 2 aromatic carbocycles. The number of benzene rings is 2. The molecule has 4 N–H and O–H groups in total. The van der Waals surface area contributed by atoms with Crippen molar-refractivity contribution in [2.45, 2.75) is 89.4 Å². The SMILES string of the molecule is CCC(=O)NCCOCCNC(=O)CCN1CCC(c2cc(OC(C)C)c(Nc3ncc(Cl)c(Nc4ccccc4S(=O)(=O)C(C)C)n3)cc2C)CC1. The Balaban J connectivity index is 1.36. The molecule has 0 unspecified atom stereocenters. The molecule has 13 nitrogen and oxygen atoms in total. The summed E-state index contributed by atoms with van der Waals surface area (Å²) in [5, 5.41) is 11.7. The number of para-hydroxylation sites is 1. The molecule has 1 aliphatic rings. The van der Waals surface area contributed by atoms with E-state index in [9.17, 15) is 18.0 Å². The third kappa shape index (κ3) is 12.3. The molecule has 1 saturated heterocycles. The van der Waals surface area contributed by atoms with Crippen molar-refractivity contribution in [1.29, 1.82) is 0 Å². The molecule has 0 atom stereocenters. The van der Waals surface area contributed by atoms with Gasteiger partial charge in [0, 0.05) is 32.5 Å². The van der Waals surface area contributed by atoms with E-state index in [1.54, 1.807) is 45.0 Å². The van der Waals surface area contributed by atoms with Crippen LogP contribution in [0.25, 0.3) is 0 Å². The van der Waals surface area contributed by atoms with Crippen molar-refractivity contribution in [3.05, 3.63) is 58.7 Å². The highest BCUT2D eigenvalue weighted by atomic mass is 35.5. The van der Waals surface area contributed by atoms with Crippen LogP contribution in [0, 0.1) is 6.92 Å². The quantitative estimate of drug-likeness (QED) is 0.104. The average Bonchev–Trinajstić information content (AvgIpc) is 3.12. The highest BCUT2D eigenvalue weighted by Crippen LogP contribution is 2.38. The van der Waals surface area contributed by atoms with E-state index in [0.717, 1.165) is 31.5 Å². The summed E-state index contributed by atoms with van der Waals surface area (Å²) < 4.78 is 37.8. The summed E-state index contributed by atoms with van der Waals surface area (Å²) >= 11 is 6.48. The van der Waals surface area contributed by atoms with E-state index in [-0.39, 0.29) is 39.6 Å². The van der Waals surface area contributed by atoms with Gasteiger partial charge in [0.1, 0.15) is 10.8 Å². The number of aromatic nitrogens is 2. The minimum absolute atomic E-state index is 0.000811. The zero-order chi connectivity index (χ0) is 38.5. The summed E-state index contributed by atoms with van der Waals surface area (Å²) in [5.41, 5.74) is 3.41. The van der Waals surface area contributed by atoms with Gasteiger partial charge in [0.2, 0.25) is 17.8 Å². The lowest BCUT2D eigenvalue weighted by Crippen LogP contribution is -2.37. The molecule has 290 valence electrons. The number of carbonyl (C=O) groups is 2. The van der Waals surface area contributed by atoms with Gasteiger partial charge in [0.25, 0.3) is 0 Å². The fraction of sp³-hybridized carbons (Fsp3) is 0.526. The number of nitrogens with one attached hydrogen (secondary N) is 4. The summed E-state index contributed by atoms with van der Waals surface area (Å²) in [5.74, 6) is 1.54. The molecule has 53 heavy (non-hydrogen) atoms. The van der Waals surface area contributed by atoms with Gasteiger partial charge in [-0.15, -0.1) is 0 Å². The van der Waals surface area contributed by atoms with Gasteiger partial charge in [-0.25, -0.2) is 13.4 Å². The monoisotopic (exact) mass is 771 g/mol. The topological polar surface area (TPSA) is 164 Å². The number of piperidine rings is 1. The number of anilines is 4. The first-order valence-electron chi connectivity index (χ1n) is 18.3. The van der Waals surface area contributed by atoms with Crippen LogP contribution in [0.5, 0.6) is 5.75 Å². The summed E-state index contributed by atoms with van der Waals surface area (Å²) in [6, 6.07) is 10.8. The standard InChI is InChI=1S/C38H54ClN7O6S/c1-7-35(47)40-15-20-51-21-16-41-36(48)14-19-46-17-12-28(13-18-46)29-23-33(52-25(2)3)32(22-27(29)6)44-38-42-24-30(39)37(45-38)43-31-10-8-9-11-34(31)53(49,50)26(4)5/h8-11,22-26,28H,7,12-21H2,1-6H3,(H,40,47)(H,41,48)(H2,42,43,44,45). The maximum absolute atomic E-state index is 13.0. The van der Waals surface area contributed by atoms with Gasteiger partial charge >= 0.3 is 0 Å². The lowest BCUT2D eigenvalue weighted by Gasteiger charge is -2.33. The maximum atomic E-state index is 13.0. The molecule has 1 fully saturated rings. The van der Waals surface area contributed by atoms with Crippen molar-refractivity contribution >= 4 is 56.4 Å². The van der Waals surface area contributed by atoms with Gasteiger partial charge in [-0.1, -0.05) is 30.7 Å². The van der Waals surface area contributed by atoms with Gasteiger partial charge in [-0.3, -0.25) is 9.59 Å². The molecule has 2 heterocycles. The first-order chi connectivity index (χ1) is 25.3. The summed E-state index contributed by atoms with van der Waals surface area (Å²) in [6.45, 7) is 15.3. The number of ether oxygens (including phenoxy) is 2. The van der Waals surface area contributed by atoms with Crippen molar-refractivity contribution in [3.63, 3.8) is 0 Å². The number of rotatable bonds is 19. The van der Waals surface area contributed by atoms with Crippen molar-refractivity contribution in [1.82, 2.24) is 25.5 Å². The minimum atomic E-state index is -3.57. The van der Waals surface area contributed by atoms with Gasteiger partial charge in [0.05, 0.1) is 47.0 Å². The fourth-order valence-corrected chi connectivity index (χ4v) is 7.34. The van der Waals surface area contributed by atoms with Gasteiger partial charge in [0.15, 0.2) is 15.7 Å². The van der Waals surface area contributed by atoms with Crippen LogP contribution in [0.4, 0.5) is 23.1 Å².